The van der Waals surface area contributed by atoms with Gasteiger partial charge in [-0.3, -0.25) is 58.8 Å². The first kappa shape index (κ1) is 59.8. The number of nitrogens with one attached hydrogen (secondary N) is 13. The summed E-state index contributed by atoms with van der Waals surface area (Å²) in [5, 5.41) is 42.0. The third kappa shape index (κ3) is 20.6. The van der Waals surface area contributed by atoms with Gasteiger partial charge in [0.15, 0.2) is 11.9 Å². The predicted molar refractivity (Wildman–Crippen MR) is 279 cm³/mol. The largest absolute Gasteiger partial charge is 0.370 e. The maximum Gasteiger partial charge on any atom is 0.243 e. The van der Waals surface area contributed by atoms with Gasteiger partial charge in [-0.15, -0.1) is 0 Å². The number of fused-ring (bicyclic) bond motifs is 1. The number of guanidine groups is 2. The number of aromatic amines is 1. The lowest BCUT2D eigenvalue weighted by Gasteiger charge is -2.28. The molecular weight excluding hydrogens is 987 g/mol. The Morgan fingerprint density at radius 1 is 0.684 bits per heavy atom. The summed E-state index contributed by atoms with van der Waals surface area (Å²) in [5.41, 5.74) is 24.0. The Morgan fingerprint density at radius 3 is 1.91 bits per heavy atom. The fraction of sp³-hybridized carbons (Fsp3) is 0.469. The molecule has 0 spiro atoms. The molecule has 2 heterocycles. The van der Waals surface area contributed by atoms with Gasteiger partial charge in [0.1, 0.15) is 42.3 Å². The monoisotopic (exact) mass is 1060 g/mol. The summed E-state index contributed by atoms with van der Waals surface area (Å²) in [6, 6.07) is 5.83. The van der Waals surface area contributed by atoms with Crippen LogP contribution in [0.3, 0.4) is 0 Å². The number of primary amides is 2. The molecule has 1 saturated heterocycles. The Morgan fingerprint density at radius 2 is 1.26 bits per heavy atom. The number of hydrogen-bond donors (Lipinski definition) is 17. The third-order valence-electron chi connectivity index (χ3n) is 12.2. The van der Waals surface area contributed by atoms with E-state index in [-0.39, 0.29) is 102 Å². The quantitative estimate of drug-likeness (QED) is 0.0313. The molecule has 27 heteroatoms. The Labute approximate surface area is 438 Å². The Balaban J connectivity index is 1.78. The molecule has 21 N–H and O–H groups in total. The van der Waals surface area contributed by atoms with Crippen molar-refractivity contribution < 1.29 is 47.9 Å². The number of benzene rings is 2. The van der Waals surface area contributed by atoms with Crippen LogP contribution in [0, 0.1) is 10.8 Å². The highest BCUT2D eigenvalue weighted by Crippen LogP contribution is 2.20. The molecule has 0 bridgehead atoms. The number of nitrogens with two attached hydrogens (primary N) is 4. The second-order valence-electron chi connectivity index (χ2n) is 18.3. The first-order valence-electron chi connectivity index (χ1n) is 24.9. The van der Waals surface area contributed by atoms with Crippen LogP contribution in [0.4, 0.5) is 0 Å². The minimum Gasteiger partial charge on any atom is -0.370 e. The van der Waals surface area contributed by atoms with E-state index in [2.05, 4.69) is 58.2 Å². The molecule has 1 aromatic heterocycles. The van der Waals surface area contributed by atoms with Gasteiger partial charge in [-0.1, -0.05) is 48.5 Å². The molecule has 27 nitrogen and oxygen atoms in total. The van der Waals surface area contributed by atoms with Crippen molar-refractivity contribution in [2.75, 3.05) is 19.6 Å². The molecule has 3 aromatic rings. The second-order valence-corrected chi connectivity index (χ2v) is 18.3. The zero-order valence-corrected chi connectivity index (χ0v) is 42.3. The lowest BCUT2D eigenvalue weighted by Crippen LogP contribution is -2.60. The Kier molecular flexibility index (Phi) is 23.9. The van der Waals surface area contributed by atoms with Crippen molar-refractivity contribution in [2.24, 2.45) is 22.9 Å². The maximum atomic E-state index is 14.6. The molecule has 7 atom stereocenters. The van der Waals surface area contributed by atoms with E-state index in [0.717, 1.165) is 10.9 Å². The average Bonchev–Trinajstić information content (AvgIpc) is 3.78. The zero-order valence-electron chi connectivity index (χ0n) is 42.3. The van der Waals surface area contributed by atoms with Crippen molar-refractivity contribution >= 4 is 81.9 Å². The number of carbonyl (C=O) groups is 10. The van der Waals surface area contributed by atoms with Gasteiger partial charge in [0, 0.05) is 69.3 Å². The molecule has 76 heavy (non-hydrogen) atoms. The fourth-order valence-electron chi connectivity index (χ4n) is 8.27. The summed E-state index contributed by atoms with van der Waals surface area (Å²) < 4.78 is 0. The predicted octanol–water partition coefficient (Wildman–Crippen LogP) is -3.67. The molecule has 1 fully saturated rings. The molecule has 4 rings (SSSR count). The van der Waals surface area contributed by atoms with Crippen LogP contribution in [-0.2, 0) is 60.8 Å². The van der Waals surface area contributed by atoms with Gasteiger partial charge in [0.05, 0.1) is 0 Å². The first-order valence-corrected chi connectivity index (χ1v) is 24.9. The van der Waals surface area contributed by atoms with Crippen molar-refractivity contribution in [2.45, 2.75) is 126 Å². The van der Waals surface area contributed by atoms with Crippen molar-refractivity contribution in [1.82, 2.24) is 58.2 Å². The van der Waals surface area contributed by atoms with Gasteiger partial charge in [-0.2, -0.15) is 0 Å². The van der Waals surface area contributed by atoms with Crippen LogP contribution < -0.4 is 76.1 Å². The van der Waals surface area contributed by atoms with Gasteiger partial charge >= 0.3 is 0 Å². The van der Waals surface area contributed by atoms with Crippen LogP contribution >= 0.6 is 0 Å². The van der Waals surface area contributed by atoms with E-state index in [1.54, 1.807) is 54.7 Å². The third-order valence-corrected chi connectivity index (χ3v) is 12.2. The standard InChI is InChI=1S/C49H71N17O10/c1-27(67)60-33(14-8-22-57-48(52)53)42(71)62-34-15-7-21-56-40(69)20-18-32(41(51)70)61-47(76)38(25-29-26-59-31-13-6-5-12-30(29)31)66-44(73)35(16-9-23-58-49(54)55)63-46(75)37(24-28-10-3-2-4-11-28)65-45(74)36(64-43(34)72)17-19-39(50)68/h2-6,10-13,26,32-38,59H,7-9,14-25H2,1H3,(H2,50,68)(H2,51,70)(H,56,69)(H,60,67)(H,61,76)(H,62,71)(H,63,75)(H,64,72)(H,65,74)(H,66,73)(H4,52,53,57)(H4,54,55,58)/t32-,33+,34-,35-,36?,37+,38-/m0/s1. The zero-order chi connectivity index (χ0) is 55.7. The number of para-hydroxylation sites is 1. The summed E-state index contributed by atoms with van der Waals surface area (Å²) in [5.74, 6) is -8.90. The first-order chi connectivity index (χ1) is 36.2. The summed E-state index contributed by atoms with van der Waals surface area (Å²) in [6.45, 7) is 1.37. The van der Waals surface area contributed by atoms with Crippen LogP contribution in [0.2, 0.25) is 0 Å². The van der Waals surface area contributed by atoms with Crippen LogP contribution in [0.25, 0.3) is 10.9 Å². The number of carbonyl (C=O) groups excluding carboxylic acids is 10. The Bertz CT molecular complexity index is 2560. The highest BCUT2D eigenvalue weighted by Gasteiger charge is 2.35. The van der Waals surface area contributed by atoms with E-state index < -0.39 is 108 Å². The minimum absolute atomic E-state index is 0.0338. The van der Waals surface area contributed by atoms with Gasteiger partial charge in [-0.05, 0) is 68.6 Å². The van der Waals surface area contributed by atoms with E-state index in [9.17, 15) is 47.9 Å². The van der Waals surface area contributed by atoms with E-state index in [0.29, 0.717) is 11.1 Å². The molecule has 0 saturated carbocycles. The molecule has 10 amide bonds. The summed E-state index contributed by atoms with van der Waals surface area (Å²) in [7, 11) is 0. The molecule has 1 unspecified atom stereocenters. The van der Waals surface area contributed by atoms with E-state index in [1.165, 1.54) is 6.92 Å². The highest BCUT2D eigenvalue weighted by molar-refractivity contribution is 5.98. The van der Waals surface area contributed by atoms with Gasteiger partial charge in [0.2, 0.25) is 59.1 Å². The topological polar surface area (TPSA) is 459 Å². The molecular formula is C49H71N17O10. The van der Waals surface area contributed by atoms with Crippen molar-refractivity contribution in [3.05, 3.63) is 71.9 Å². The lowest BCUT2D eigenvalue weighted by molar-refractivity contribution is -0.136. The van der Waals surface area contributed by atoms with E-state index >= 15 is 0 Å². The highest BCUT2D eigenvalue weighted by atomic mass is 16.2. The number of H-pyrrole nitrogens is 1. The molecule has 1 aliphatic heterocycles. The smallest absolute Gasteiger partial charge is 0.243 e. The van der Waals surface area contributed by atoms with Gasteiger partial charge in [-0.25, -0.2) is 0 Å². The minimum atomic E-state index is -1.56. The lowest BCUT2D eigenvalue weighted by atomic mass is 10.0. The molecule has 0 aliphatic carbocycles. The number of amides is 10. The summed E-state index contributed by atoms with van der Waals surface area (Å²) in [6.07, 6.45) is 0.177. The van der Waals surface area contributed by atoms with Crippen molar-refractivity contribution in [3.63, 3.8) is 0 Å². The molecule has 412 valence electrons. The second kappa shape index (κ2) is 30.4. The molecule has 1 aliphatic rings. The average molecular weight is 1060 g/mol. The SMILES string of the molecule is CC(=O)N[C@H](CCCNC(=N)N)C(=O)N[C@H]1CCCNC(=O)CC[C@@H](C(N)=O)NC(=O)[C@H](Cc2c[nH]c3ccccc23)NC(=O)[C@H](CCCNC(=N)N)NC(=O)[C@@H](Cc2ccccc2)NC(=O)C(CCC(N)=O)NC1=O. The van der Waals surface area contributed by atoms with E-state index in [1.807, 2.05) is 6.07 Å². The van der Waals surface area contributed by atoms with Crippen LogP contribution in [0.5, 0.6) is 0 Å². The van der Waals surface area contributed by atoms with Gasteiger partial charge < -0.3 is 81.1 Å². The number of rotatable bonds is 19. The van der Waals surface area contributed by atoms with Crippen LogP contribution in [-0.4, -0.2) is 138 Å². The molecule has 0 radical (unpaired) electrons. The summed E-state index contributed by atoms with van der Waals surface area (Å²) >= 11 is 0. The normalized spacial score (nSPS) is 20.9. The summed E-state index contributed by atoms with van der Waals surface area (Å²) in [4.78, 5) is 139. The van der Waals surface area contributed by atoms with Crippen molar-refractivity contribution in [3.8, 4) is 0 Å². The number of aromatic nitrogens is 1. The Hall–Kier alpha value is -8.78. The maximum absolute atomic E-state index is 14.6. The van der Waals surface area contributed by atoms with Crippen molar-refractivity contribution in [1.29, 1.82) is 10.8 Å². The molecule has 2 aromatic carbocycles. The van der Waals surface area contributed by atoms with Crippen LogP contribution in [0.1, 0.15) is 82.3 Å². The van der Waals surface area contributed by atoms with Crippen LogP contribution in [0.15, 0.2) is 60.8 Å². The fourth-order valence-corrected chi connectivity index (χ4v) is 8.27. The van der Waals surface area contributed by atoms with Gasteiger partial charge in [0.25, 0.3) is 0 Å². The van der Waals surface area contributed by atoms with E-state index in [4.69, 9.17) is 33.8 Å². The number of hydrogen-bond acceptors (Lipinski definition) is 12.